The molecule has 10 heteroatoms. The number of aromatic nitrogens is 5. The summed E-state index contributed by atoms with van der Waals surface area (Å²) in [6, 6.07) is 17.0. The summed E-state index contributed by atoms with van der Waals surface area (Å²) in [6.45, 7) is 7.06. The summed E-state index contributed by atoms with van der Waals surface area (Å²) in [4.78, 5) is 19.2. The lowest BCUT2D eigenvalue weighted by atomic mass is 10.1. The van der Waals surface area contributed by atoms with Crippen molar-refractivity contribution in [3.8, 4) is 22.8 Å². The van der Waals surface area contributed by atoms with E-state index in [0.717, 1.165) is 5.69 Å². The molecule has 1 aliphatic rings. The van der Waals surface area contributed by atoms with Crippen LogP contribution in [0.5, 0.6) is 5.88 Å². The monoisotopic (exact) mass is 504 g/mol. The van der Waals surface area contributed by atoms with Crippen molar-refractivity contribution in [2.75, 3.05) is 10.7 Å². The fourth-order valence-corrected chi connectivity index (χ4v) is 4.85. The van der Waals surface area contributed by atoms with Gasteiger partial charge in [-0.05, 0) is 25.1 Å². The highest BCUT2D eigenvalue weighted by atomic mass is 35.5. The largest absolute Gasteiger partial charge is 0.447 e. The molecule has 0 bridgehead atoms. The molecule has 35 heavy (non-hydrogen) atoms. The van der Waals surface area contributed by atoms with E-state index in [9.17, 15) is 4.79 Å². The van der Waals surface area contributed by atoms with Crippen LogP contribution >= 0.6 is 23.4 Å². The highest BCUT2D eigenvalue weighted by Gasteiger charge is 2.38. The van der Waals surface area contributed by atoms with Gasteiger partial charge in [-0.3, -0.25) is 9.69 Å². The molecule has 4 aromatic rings. The maximum Gasteiger partial charge on any atom is 0.247 e. The molecule has 2 aromatic heterocycles. The van der Waals surface area contributed by atoms with Crippen LogP contribution in [0.3, 0.4) is 0 Å². The number of fused-ring (bicyclic) bond motifs is 3. The molecule has 0 saturated carbocycles. The number of carbonyl (C=O) groups excluding carboxylic acids is 1. The molecular weight excluding hydrogens is 484 g/mol. The summed E-state index contributed by atoms with van der Waals surface area (Å²) in [5, 5.41) is 14.1. The van der Waals surface area contributed by atoms with Crippen LogP contribution in [-0.2, 0) is 4.79 Å². The third-order valence-electron chi connectivity index (χ3n) is 5.48. The molecule has 176 valence electrons. The molecule has 0 spiro atoms. The van der Waals surface area contributed by atoms with Crippen molar-refractivity contribution in [3.05, 3.63) is 83.7 Å². The molecule has 1 atom stereocenters. The second-order valence-electron chi connectivity index (χ2n) is 7.76. The number of halogens is 1. The lowest BCUT2D eigenvalue weighted by Gasteiger charge is -2.29. The van der Waals surface area contributed by atoms with Crippen molar-refractivity contribution in [2.45, 2.75) is 25.2 Å². The third-order valence-corrected chi connectivity index (χ3v) is 6.67. The van der Waals surface area contributed by atoms with Crippen molar-refractivity contribution in [1.29, 1.82) is 0 Å². The van der Waals surface area contributed by atoms with Gasteiger partial charge in [-0.2, -0.15) is 10.1 Å². The first-order chi connectivity index (χ1) is 17.0. The van der Waals surface area contributed by atoms with Gasteiger partial charge in [0.15, 0.2) is 5.69 Å². The summed E-state index contributed by atoms with van der Waals surface area (Å²) >= 11 is 8.28. The predicted octanol–water partition coefficient (Wildman–Crippen LogP) is 5.41. The van der Waals surface area contributed by atoms with Gasteiger partial charge >= 0.3 is 0 Å². The van der Waals surface area contributed by atoms with Crippen LogP contribution in [0, 0.1) is 6.92 Å². The SMILES string of the molecule is C=CCSc1nnc2c(n1)O[C@H](c1c(C)nn(-c3ccccc3)c1Cl)N(C(C)=O)c1ccccc1-2. The minimum Gasteiger partial charge on any atom is -0.447 e. The van der Waals surface area contributed by atoms with Gasteiger partial charge in [0.05, 0.1) is 22.6 Å². The van der Waals surface area contributed by atoms with Crippen LogP contribution < -0.4 is 9.64 Å². The molecule has 5 rings (SSSR count). The lowest BCUT2D eigenvalue weighted by molar-refractivity contribution is -0.118. The highest BCUT2D eigenvalue weighted by Crippen LogP contribution is 2.45. The van der Waals surface area contributed by atoms with E-state index in [1.807, 2.05) is 61.5 Å². The molecule has 0 N–H and O–H groups in total. The van der Waals surface area contributed by atoms with Gasteiger partial charge in [0.25, 0.3) is 0 Å². The van der Waals surface area contributed by atoms with Crippen LogP contribution in [0.2, 0.25) is 5.15 Å². The van der Waals surface area contributed by atoms with E-state index in [1.165, 1.54) is 18.7 Å². The average Bonchev–Trinajstić information content (AvgIpc) is 3.08. The van der Waals surface area contributed by atoms with E-state index in [-0.39, 0.29) is 11.8 Å². The first-order valence-corrected chi connectivity index (χ1v) is 12.2. The summed E-state index contributed by atoms with van der Waals surface area (Å²) in [5.41, 5.74) is 3.73. The molecule has 2 aromatic carbocycles. The van der Waals surface area contributed by atoms with Crippen molar-refractivity contribution in [1.82, 2.24) is 25.0 Å². The second kappa shape index (κ2) is 9.52. The number of carbonyl (C=O) groups is 1. The number of amides is 1. The third kappa shape index (κ3) is 4.17. The van der Waals surface area contributed by atoms with Gasteiger partial charge in [0, 0.05) is 18.2 Å². The standard InChI is InChI=1S/C25H21ClN6O2S/c1-4-14-35-25-27-23-21(28-29-25)18-12-8-9-13-19(18)31(16(3)33)24(34-23)20-15(2)30-32(22(20)26)17-10-6-5-7-11-17/h4-13,24H,1,14H2,2-3H3/t24-/m1/s1. The zero-order valence-electron chi connectivity index (χ0n) is 19.1. The van der Waals surface area contributed by atoms with Crippen molar-refractivity contribution in [3.63, 3.8) is 0 Å². The Balaban J connectivity index is 1.72. The number of nitrogens with zero attached hydrogens (tertiary/aromatic N) is 6. The van der Waals surface area contributed by atoms with Crippen LogP contribution in [0.25, 0.3) is 16.9 Å². The van der Waals surface area contributed by atoms with Crippen LogP contribution in [-0.4, -0.2) is 36.6 Å². The lowest BCUT2D eigenvalue weighted by Crippen LogP contribution is -2.36. The predicted molar refractivity (Wildman–Crippen MR) is 136 cm³/mol. The smallest absolute Gasteiger partial charge is 0.247 e. The molecule has 1 aliphatic heterocycles. The van der Waals surface area contributed by atoms with Crippen LogP contribution in [0.1, 0.15) is 24.4 Å². The maximum atomic E-state index is 13.1. The zero-order chi connectivity index (χ0) is 24.5. The van der Waals surface area contributed by atoms with Crippen molar-refractivity contribution < 1.29 is 9.53 Å². The molecule has 0 aliphatic carbocycles. The van der Waals surface area contributed by atoms with Gasteiger partial charge in [0.2, 0.25) is 23.2 Å². The fourth-order valence-electron chi connectivity index (χ4n) is 3.97. The fraction of sp³-hybridized carbons (Fsp3) is 0.160. The molecule has 1 amide bonds. The molecule has 8 nitrogen and oxygen atoms in total. The normalized spacial score (nSPS) is 14.5. The Morgan fingerprint density at radius 2 is 1.91 bits per heavy atom. The summed E-state index contributed by atoms with van der Waals surface area (Å²) in [5.74, 6) is 0.651. The zero-order valence-corrected chi connectivity index (χ0v) is 20.6. The van der Waals surface area contributed by atoms with Gasteiger partial charge in [-0.15, -0.1) is 16.8 Å². The molecular formula is C25H21ClN6O2S. The van der Waals surface area contributed by atoms with E-state index < -0.39 is 6.23 Å². The first kappa shape index (κ1) is 23.1. The van der Waals surface area contributed by atoms with E-state index in [0.29, 0.717) is 44.3 Å². The summed E-state index contributed by atoms with van der Waals surface area (Å²) in [6.07, 6.45) is 0.839. The van der Waals surface area contributed by atoms with Gasteiger partial charge < -0.3 is 4.74 Å². The van der Waals surface area contributed by atoms with Crippen LogP contribution in [0.4, 0.5) is 5.69 Å². The molecule has 0 saturated heterocycles. The Bertz CT molecular complexity index is 1420. The number of anilines is 1. The van der Waals surface area contributed by atoms with E-state index in [1.54, 1.807) is 15.7 Å². The number of hydrogen-bond donors (Lipinski definition) is 0. The Labute approximate surface area is 211 Å². The van der Waals surface area contributed by atoms with E-state index in [2.05, 4.69) is 26.9 Å². The molecule has 0 unspecified atom stereocenters. The van der Waals surface area contributed by atoms with Crippen molar-refractivity contribution >= 4 is 35.0 Å². The molecule has 3 heterocycles. The van der Waals surface area contributed by atoms with Gasteiger partial charge in [0.1, 0.15) is 5.15 Å². The number of benzene rings is 2. The minimum absolute atomic E-state index is 0.229. The number of para-hydroxylation sites is 2. The van der Waals surface area contributed by atoms with Gasteiger partial charge in [-0.1, -0.05) is 65.8 Å². The summed E-state index contributed by atoms with van der Waals surface area (Å²) < 4.78 is 8.08. The quantitative estimate of drug-likeness (QED) is 0.265. The first-order valence-electron chi connectivity index (χ1n) is 10.8. The number of hydrogen-bond acceptors (Lipinski definition) is 7. The Morgan fingerprint density at radius 1 is 1.17 bits per heavy atom. The highest BCUT2D eigenvalue weighted by molar-refractivity contribution is 7.99. The molecule has 0 radical (unpaired) electrons. The van der Waals surface area contributed by atoms with E-state index in [4.69, 9.17) is 16.3 Å². The second-order valence-corrected chi connectivity index (χ2v) is 9.11. The Hall–Kier alpha value is -3.69. The topological polar surface area (TPSA) is 86.0 Å². The molecule has 0 fully saturated rings. The summed E-state index contributed by atoms with van der Waals surface area (Å²) in [7, 11) is 0. The van der Waals surface area contributed by atoms with E-state index >= 15 is 0 Å². The average molecular weight is 505 g/mol. The minimum atomic E-state index is -0.922. The van der Waals surface area contributed by atoms with Crippen molar-refractivity contribution in [2.24, 2.45) is 0 Å². The number of aryl methyl sites for hydroxylation is 1. The Morgan fingerprint density at radius 3 is 2.66 bits per heavy atom. The number of rotatable bonds is 5. The van der Waals surface area contributed by atoms with Gasteiger partial charge in [-0.25, -0.2) is 4.68 Å². The maximum absolute atomic E-state index is 13.1. The number of thioether (sulfide) groups is 1. The Kier molecular flexibility index (Phi) is 6.27. The van der Waals surface area contributed by atoms with Crippen LogP contribution in [0.15, 0.2) is 72.4 Å². The number of ether oxygens (including phenoxy) is 1.